The van der Waals surface area contributed by atoms with Gasteiger partial charge in [0.1, 0.15) is 5.75 Å². The average Bonchev–Trinajstić information content (AvgIpc) is 2.45. The molecule has 2 rings (SSSR count). The van der Waals surface area contributed by atoms with Crippen LogP contribution in [0.3, 0.4) is 0 Å². The number of hydrogen-bond donors (Lipinski definition) is 2. The molecule has 0 bridgehead atoms. The third kappa shape index (κ3) is 4.87. The molecule has 4 nitrogen and oxygen atoms in total. The molecule has 102 valence electrons. The van der Waals surface area contributed by atoms with Crippen LogP contribution in [0.15, 0.2) is 48.1 Å². The molecule has 0 atom stereocenters. The highest BCUT2D eigenvalue weighted by Crippen LogP contribution is 2.16. The summed E-state index contributed by atoms with van der Waals surface area (Å²) in [4.78, 5) is 5.22. The number of nitrogens with zero attached hydrogens (tertiary/aromatic N) is 1. The van der Waals surface area contributed by atoms with Gasteiger partial charge in [0.05, 0.1) is 13.2 Å². The Hall–Kier alpha value is -1.62. The van der Waals surface area contributed by atoms with Crippen LogP contribution in [0.2, 0.25) is 0 Å². The van der Waals surface area contributed by atoms with Gasteiger partial charge < -0.3 is 5.11 Å². The van der Waals surface area contributed by atoms with Gasteiger partial charge in [0, 0.05) is 0 Å². The minimum atomic E-state index is 0.224. The van der Waals surface area contributed by atoms with Gasteiger partial charge in [-0.25, -0.2) is 0 Å². The second-order valence-corrected chi connectivity index (χ2v) is 4.56. The van der Waals surface area contributed by atoms with Crippen LogP contribution in [-0.2, 0) is 11.4 Å². The molecule has 0 radical (unpaired) electrons. The number of hydroxylamine groups is 2. The normalized spacial score (nSPS) is 14.7. The van der Waals surface area contributed by atoms with Crippen molar-refractivity contribution < 1.29 is 15.2 Å². The van der Waals surface area contributed by atoms with Gasteiger partial charge in [-0.3, -0.25) is 10.0 Å². The van der Waals surface area contributed by atoms with Crippen LogP contribution in [0, 0.1) is 0 Å². The third-order valence-corrected chi connectivity index (χ3v) is 3.04. The molecule has 0 saturated carbocycles. The molecule has 1 aliphatic rings. The van der Waals surface area contributed by atoms with Gasteiger partial charge in [0.15, 0.2) is 0 Å². The van der Waals surface area contributed by atoms with Crippen LogP contribution in [0.4, 0.5) is 0 Å². The van der Waals surface area contributed by atoms with E-state index in [1.165, 1.54) is 5.57 Å². The predicted molar refractivity (Wildman–Crippen MR) is 72.5 cm³/mol. The third-order valence-electron chi connectivity index (χ3n) is 3.04. The zero-order valence-electron chi connectivity index (χ0n) is 10.8. The largest absolute Gasteiger partial charge is 0.508 e. The fourth-order valence-corrected chi connectivity index (χ4v) is 1.91. The minimum absolute atomic E-state index is 0.224. The van der Waals surface area contributed by atoms with Gasteiger partial charge >= 0.3 is 0 Å². The molecule has 0 amide bonds. The van der Waals surface area contributed by atoms with Gasteiger partial charge in [-0.15, -0.1) is 0 Å². The molecule has 4 heteroatoms. The molecular weight excluding hydrogens is 242 g/mol. The topological polar surface area (TPSA) is 52.9 Å². The predicted octanol–water partition coefficient (Wildman–Crippen LogP) is 3.18. The lowest BCUT2D eigenvalue weighted by molar-refractivity contribution is -0.346. The highest BCUT2D eigenvalue weighted by Gasteiger charge is 2.05. The first-order valence-electron chi connectivity index (χ1n) is 6.46. The van der Waals surface area contributed by atoms with E-state index < -0.39 is 0 Å². The lowest BCUT2D eigenvalue weighted by atomic mass is 10.0. The van der Waals surface area contributed by atoms with Gasteiger partial charge in [0.2, 0.25) is 0 Å². The molecule has 0 aliphatic heterocycles. The summed E-state index contributed by atoms with van der Waals surface area (Å²) < 4.78 is 0. The van der Waals surface area contributed by atoms with Crippen LogP contribution in [0.1, 0.15) is 24.8 Å². The SMILES string of the molecule is Oc1ccc(CON(O)CCC2=CC=CCC2)cc1. The van der Waals surface area contributed by atoms with E-state index >= 15 is 0 Å². The van der Waals surface area contributed by atoms with Crippen molar-refractivity contribution in [1.82, 2.24) is 5.23 Å². The molecule has 0 saturated heterocycles. The van der Waals surface area contributed by atoms with E-state index in [0.29, 0.717) is 6.54 Å². The molecule has 2 N–H and O–H groups in total. The van der Waals surface area contributed by atoms with Crippen LogP contribution in [0.5, 0.6) is 5.75 Å². The molecule has 19 heavy (non-hydrogen) atoms. The lowest BCUT2D eigenvalue weighted by Gasteiger charge is -2.16. The first-order chi connectivity index (χ1) is 9.24. The van der Waals surface area contributed by atoms with Crippen LogP contribution < -0.4 is 0 Å². The number of phenols is 1. The monoisotopic (exact) mass is 261 g/mol. The molecule has 1 aliphatic carbocycles. The Labute approximate surface area is 113 Å². The molecule has 0 aromatic heterocycles. The smallest absolute Gasteiger partial charge is 0.115 e. The highest BCUT2D eigenvalue weighted by atomic mass is 16.9. The summed E-state index contributed by atoms with van der Waals surface area (Å²) in [5.74, 6) is 0.224. The van der Waals surface area contributed by atoms with Crippen molar-refractivity contribution in [2.75, 3.05) is 6.54 Å². The van der Waals surface area contributed by atoms with Crippen molar-refractivity contribution in [2.24, 2.45) is 0 Å². The molecular formula is C15H19NO3. The van der Waals surface area contributed by atoms with Gasteiger partial charge in [-0.1, -0.05) is 41.2 Å². The van der Waals surface area contributed by atoms with E-state index in [2.05, 4.69) is 18.2 Å². The van der Waals surface area contributed by atoms with Crippen LogP contribution >= 0.6 is 0 Å². The summed E-state index contributed by atoms with van der Waals surface area (Å²) in [5, 5.41) is 19.6. The van der Waals surface area contributed by atoms with Crippen LogP contribution in [-0.4, -0.2) is 22.1 Å². The number of hydrogen-bond acceptors (Lipinski definition) is 4. The maximum Gasteiger partial charge on any atom is 0.115 e. The van der Waals surface area contributed by atoms with Crippen molar-refractivity contribution in [3.63, 3.8) is 0 Å². The molecule has 0 fully saturated rings. The van der Waals surface area contributed by atoms with E-state index in [0.717, 1.165) is 30.1 Å². The lowest BCUT2D eigenvalue weighted by Crippen LogP contribution is -2.21. The summed E-state index contributed by atoms with van der Waals surface area (Å²) in [6.45, 7) is 0.744. The average molecular weight is 261 g/mol. The number of benzene rings is 1. The number of phenolic OH excluding ortho intramolecular Hbond substituents is 1. The van der Waals surface area contributed by atoms with Gasteiger partial charge in [0.25, 0.3) is 0 Å². The zero-order valence-corrected chi connectivity index (χ0v) is 10.8. The maximum atomic E-state index is 9.61. The number of allylic oxidation sites excluding steroid dienone is 3. The van der Waals surface area contributed by atoms with E-state index in [1.54, 1.807) is 24.3 Å². The Bertz CT molecular complexity index is 451. The van der Waals surface area contributed by atoms with E-state index in [9.17, 15) is 5.21 Å². The Balaban J connectivity index is 1.69. The van der Waals surface area contributed by atoms with Crippen molar-refractivity contribution in [3.05, 3.63) is 53.6 Å². The zero-order chi connectivity index (χ0) is 13.5. The van der Waals surface area contributed by atoms with Crippen molar-refractivity contribution in [1.29, 1.82) is 0 Å². The van der Waals surface area contributed by atoms with Crippen molar-refractivity contribution in [3.8, 4) is 5.75 Å². The molecule has 0 unspecified atom stereocenters. The Kier molecular flexibility index (Phi) is 5.15. The summed E-state index contributed by atoms with van der Waals surface area (Å²) >= 11 is 0. The van der Waals surface area contributed by atoms with E-state index in [-0.39, 0.29) is 12.4 Å². The first kappa shape index (κ1) is 13.8. The van der Waals surface area contributed by atoms with Gasteiger partial charge in [-0.2, -0.15) is 0 Å². The number of rotatable bonds is 6. The Morgan fingerprint density at radius 3 is 2.68 bits per heavy atom. The highest BCUT2D eigenvalue weighted by molar-refractivity contribution is 5.25. The summed E-state index contributed by atoms with van der Waals surface area (Å²) in [6, 6.07) is 6.72. The summed E-state index contributed by atoms with van der Waals surface area (Å²) in [5.41, 5.74) is 2.23. The minimum Gasteiger partial charge on any atom is -0.508 e. The van der Waals surface area contributed by atoms with Gasteiger partial charge in [-0.05, 0) is 37.0 Å². The molecule has 1 aromatic carbocycles. The number of aromatic hydroxyl groups is 1. The van der Waals surface area contributed by atoms with Crippen LogP contribution in [0.25, 0.3) is 0 Å². The Morgan fingerprint density at radius 1 is 1.21 bits per heavy atom. The molecule has 1 aromatic rings. The fourth-order valence-electron chi connectivity index (χ4n) is 1.91. The molecule has 0 heterocycles. The standard InChI is InChI=1S/C15H19NO3/c17-15-8-6-14(7-9-15)12-19-16(18)11-10-13-4-2-1-3-5-13/h1-2,4,6-9,17-18H,3,5,10-12H2. The first-order valence-corrected chi connectivity index (χ1v) is 6.46. The summed E-state index contributed by atoms with van der Waals surface area (Å²) in [6.07, 6.45) is 9.22. The second kappa shape index (κ2) is 7.09. The second-order valence-electron chi connectivity index (χ2n) is 4.56. The molecule has 0 spiro atoms. The van der Waals surface area contributed by atoms with Crippen molar-refractivity contribution in [2.45, 2.75) is 25.9 Å². The fraction of sp³-hybridized carbons (Fsp3) is 0.333. The quantitative estimate of drug-likeness (QED) is 0.772. The maximum absolute atomic E-state index is 9.61. The summed E-state index contributed by atoms with van der Waals surface area (Å²) in [7, 11) is 0. The van der Waals surface area contributed by atoms with Crippen molar-refractivity contribution >= 4 is 0 Å². The van der Waals surface area contributed by atoms with E-state index in [4.69, 9.17) is 9.94 Å². The van der Waals surface area contributed by atoms with E-state index in [1.807, 2.05) is 0 Å². The Morgan fingerprint density at radius 2 is 2.00 bits per heavy atom.